The molecule has 0 amide bonds. The van der Waals surface area contributed by atoms with Gasteiger partial charge in [-0.3, -0.25) is 4.68 Å². The minimum atomic E-state index is -1.04. The number of aromatic nitrogens is 2. The first kappa shape index (κ1) is 20.4. The number of nitrogens with one attached hydrogen (secondary N) is 2. The van der Waals surface area contributed by atoms with Gasteiger partial charge in [-0.2, -0.15) is 5.10 Å². The average molecular weight is 339 g/mol. The second-order valence-electron chi connectivity index (χ2n) is 6.62. The fourth-order valence-corrected chi connectivity index (χ4v) is 2.07. The third-order valence-corrected chi connectivity index (χ3v) is 3.43. The first-order valence-electron chi connectivity index (χ1n) is 8.66. The molecule has 0 aliphatic heterocycles. The molecule has 0 saturated carbocycles. The van der Waals surface area contributed by atoms with Crippen molar-refractivity contribution in [1.82, 2.24) is 20.4 Å². The minimum absolute atomic E-state index is 0.262. The average Bonchev–Trinajstić information content (AvgIpc) is 2.95. The molecule has 0 bridgehead atoms. The lowest BCUT2D eigenvalue weighted by atomic mass is 10.0. The van der Waals surface area contributed by atoms with Gasteiger partial charge in [0.05, 0.1) is 12.7 Å². The Hall–Kier alpha value is -1.60. The molecule has 1 aromatic rings. The highest BCUT2D eigenvalue weighted by atomic mass is 16.5. The van der Waals surface area contributed by atoms with Gasteiger partial charge < -0.3 is 20.5 Å². The number of ether oxygens (including phenoxy) is 1. The van der Waals surface area contributed by atoms with Gasteiger partial charge in [0, 0.05) is 45.1 Å². The number of aliphatic hydroxyl groups is 1. The molecule has 0 aliphatic rings. The van der Waals surface area contributed by atoms with E-state index in [1.807, 2.05) is 20.2 Å². The fraction of sp³-hybridized carbons (Fsp3) is 0.765. The molecule has 0 spiro atoms. The van der Waals surface area contributed by atoms with Crippen molar-refractivity contribution >= 4 is 5.96 Å². The summed E-state index contributed by atoms with van der Waals surface area (Å²) in [6, 6.07) is 0. The van der Waals surface area contributed by atoms with E-state index < -0.39 is 5.60 Å². The largest absolute Gasteiger partial charge is 0.383 e. The fourth-order valence-electron chi connectivity index (χ4n) is 2.07. The number of guanidine groups is 1. The Morgan fingerprint density at radius 3 is 2.79 bits per heavy atom. The highest BCUT2D eigenvalue weighted by Gasteiger charge is 2.24. The molecular formula is C17H33N5O2. The Balaban J connectivity index is 2.44. The van der Waals surface area contributed by atoms with Crippen LogP contribution in [0.1, 0.15) is 39.7 Å². The van der Waals surface area contributed by atoms with E-state index in [1.54, 1.807) is 17.8 Å². The van der Waals surface area contributed by atoms with Gasteiger partial charge in [-0.1, -0.05) is 13.8 Å². The summed E-state index contributed by atoms with van der Waals surface area (Å²) in [6.45, 7) is 11.4. The van der Waals surface area contributed by atoms with E-state index in [2.05, 4.69) is 34.6 Å². The van der Waals surface area contributed by atoms with E-state index in [4.69, 9.17) is 4.74 Å². The van der Waals surface area contributed by atoms with Crippen molar-refractivity contribution in [3.63, 3.8) is 0 Å². The molecule has 0 fully saturated rings. The van der Waals surface area contributed by atoms with Crippen LogP contribution in [-0.2, 0) is 17.4 Å². The van der Waals surface area contributed by atoms with Gasteiger partial charge in [-0.25, -0.2) is 4.99 Å². The first-order valence-corrected chi connectivity index (χ1v) is 8.66. The quantitative estimate of drug-likeness (QED) is 0.339. The van der Waals surface area contributed by atoms with Gasteiger partial charge in [0.1, 0.15) is 5.60 Å². The third-order valence-electron chi connectivity index (χ3n) is 3.43. The van der Waals surface area contributed by atoms with Crippen molar-refractivity contribution in [2.45, 2.75) is 39.7 Å². The van der Waals surface area contributed by atoms with E-state index in [9.17, 15) is 5.11 Å². The van der Waals surface area contributed by atoms with Crippen molar-refractivity contribution in [3.05, 3.63) is 18.0 Å². The summed E-state index contributed by atoms with van der Waals surface area (Å²) >= 11 is 0. The van der Waals surface area contributed by atoms with Crippen molar-refractivity contribution in [3.8, 4) is 0 Å². The molecule has 0 aromatic carbocycles. The van der Waals surface area contributed by atoms with Crippen LogP contribution in [0.4, 0.5) is 0 Å². The monoisotopic (exact) mass is 339 g/mol. The highest BCUT2D eigenvalue weighted by Crippen LogP contribution is 2.19. The number of nitrogens with zero attached hydrogens (tertiary/aromatic N) is 3. The van der Waals surface area contributed by atoms with Crippen LogP contribution in [0.25, 0.3) is 0 Å². The van der Waals surface area contributed by atoms with Crippen LogP contribution in [0.5, 0.6) is 0 Å². The zero-order chi connectivity index (χ0) is 18.0. The molecule has 138 valence electrons. The number of aryl methyl sites for hydroxylation is 1. The summed E-state index contributed by atoms with van der Waals surface area (Å²) in [5.74, 6) is 1.26. The lowest BCUT2D eigenvalue weighted by Gasteiger charge is -2.20. The van der Waals surface area contributed by atoms with Crippen molar-refractivity contribution in [2.24, 2.45) is 18.0 Å². The molecule has 7 nitrogen and oxygen atoms in total. The molecule has 0 saturated heterocycles. The number of rotatable bonds is 10. The summed E-state index contributed by atoms with van der Waals surface area (Å²) in [5.41, 5.74) is -0.288. The van der Waals surface area contributed by atoms with Crippen LogP contribution in [0.15, 0.2) is 17.4 Å². The third kappa shape index (κ3) is 7.79. The molecule has 0 aliphatic carbocycles. The maximum Gasteiger partial charge on any atom is 0.191 e. The lowest BCUT2D eigenvalue weighted by Crippen LogP contribution is -2.39. The summed E-state index contributed by atoms with van der Waals surface area (Å²) < 4.78 is 7.24. The smallest absolute Gasteiger partial charge is 0.191 e. The maximum atomic E-state index is 10.6. The topological polar surface area (TPSA) is 83.7 Å². The van der Waals surface area contributed by atoms with E-state index in [0.717, 1.165) is 38.3 Å². The highest BCUT2D eigenvalue weighted by molar-refractivity contribution is 5.79. The Kier molecular flexibility index (Phi) is 8.78. The van der Waals surface area contributed by atoms with Crippen molar-refractivity contribution in [2.75, 3.05) is 32.8 Å². The van der Waals surface area contributed by atoms with Gasteiger partial charge in [0.25, 0.3) is 0 Å². The molecule has 7 heteroatoms. The zero-order valence-corrected chi connectivity index (χ0v) is 15.7. The van der Waals surface area contributed by atoms with Crippen molar-refractivity contribution < 1.29 is 9.84 Å². The summed E-state index contributed by atoms with van der Waals surface area (Å²) in [6.07, 6.45) is 4.39. The van der Waals surface area contributed by atoms with Crippen LogP contribution in [0, 0.1) is 5.92 Å². The molecule has 1 atom stereocenters. The Morgan fingerprint density at radius 1 is 1.46 bits per heavy atom. The van der Waals surface area contributed by atoms with Crippen LogP contribution in [-0.4, -0.2) is 53.7 Å². The van der Waals surface area contributed by atoms with Gasteiger partial charge >= 0.3 is 0 Å². The van der Waals surface area contributed by atoms with Crippen LogP contribution in [0.2, 0.25) is 0 Å². The van der Waals surface area contributed by atoms with Crippen LogP contribution in [0.3, 0.4) is 0 Å². The maximum absolute atomic E-state index is 10.6. The molecule has 0 radical (unpaired) electrons. The Bertz CT molecular complexity index is 497. The van der Waals surface area contributed by atoms with E-state index in [0.29, 0.717) is 11.9 Å². The van der Waals surface area contributed by atoms with Crippen molar-refractivity contribution in [1.29, 1.82) is 0 Å². The SMILES string of the molecule is CCNC(=NCC(C)(O)c1cnn(C)c1)NCCCOCC(C)C. The molecule has 3 N–H and O–H groups in total. The normalized spacial score (nSPS) is 14.7. The van der Waals surface area contributed by atoms with Gasteiger partial charge in [-0.15, -0.1) is 0 Å². The molecule has 1 rings (SSSR count). The van der Waals surface area contributed by atoms with Gasteiger partial charge in [0.2, 0.25) is 0 Å². The predicted octanol–water partition coefficient (Wildman–Crippen LogP) is 1.25. The second-order valence-corrected chi connectivity index (χ2v) is 6.62. The van der Waals surface area contributed by atoms with Gasteiger partial charge in [-0.05, 0) is 26.2 Å². The minimum Gasteiger partial charge on any atom is -0.383 e. The number of hydrogen-bond acceptors (Lipinski definition) is 4. The standard InChI is InChI=1S/C17H33N5O2/c1-6-18-16(19-8-7-9-24-12-14(2)3)20-13-17(4,23)15-10-21-22(5)11-15/h10-11,14,23H,6-9,12-13H2,1-5H3,(H2,18,19,20). The summed E-state index contributed by atoms with van der Waals surface area (Å²) in [5, 5.41) is 21.1. The molecule has 1 aromatic heterocycles. The zero-order valence-electron chi connectivity index (χ0n) is 15.7. The molecule has 1 heterocycles. The molecule has 24 heavy (non-hydrogen) atoms. The Morgan fingerprint density at radius 2 is 2.21 bits per heavy atom. The Labute approximate surface area is 145 Å². The molecule has 1 unspecified atom stereocenters. The van der Waals surface area contributed by atoms with E-state index in [1.165, 1.54) is 0 Å². The first-order chi connectivity index (χ1) is 11.3. The predicted molar refractivity (Wildman–Crippen MR) is 97.0 cm³/mol. The van der Waals surface area contributed by atoms with E-state index in [-0.39, 0.29) is 6.54 Å². The second kappa shape index (κ2) is 10.3. The van der Waals surface area contributed by atoms with Crippen LogP contribution >= 0.6 is 0 Å². The summed E-state index contributed by atoms with van der Waals surface area (Å²) in [7, 11) is 1.83. The number of hydrogen-bond donors (Lipinski definition) is 3. The summed E-state index contributed by atoms with van der Waals surface area (Å²) in [4.78, 5) is 4.48. The molecular weight excluding hydrogens is 306 g/mol. The van der Waals surface area contributed by atoms with Gasteiger partial charge in [0.15, 0.2) is 5.96 Å². The number of aliphatic imine (C=N–C) groups is 1. The lowest BCUT2D eigenvalue weighted by molar-refractivity contribution is 0.0671. The van der Waals surface area contributed by atoms with E-state index >= 15 is 0 Å². The van der Waals surface area contributed by atoms with Crippen LogP contribution < -0.4 is 10.6 Å².